The zero-order chi connectivity index (χ0) is 24.4. The van der Waals surface area contributed by atoms with Crippen molar-refractivity contribution < 1.29 is 23.5 Å². The zero-order valence-corrected chi connectivity index (χ0v) is 21.0. The third kappa shape index (κ3) is 4.88. The highest BCUT2D eigenvalue weighted by molar-refractivity contribution is 7.99. The Hall–Kier alpha value is -3.04. The van der Waals surface area contributed by atoms with Gasteiger partial charge in [-0.2, -0.15) is 0 Å². The molecule has 9 heteroatoms. The number of nitrogens with one attached hydrogen (secondary N) is 1. The largest absolute Gasteiger partial charge is 0.468 e. The van der Waals surface area contributed by atoms with Gasteiger partial charge in [0.25, 0.3) is 0 Å². The van der Waals surface area contributed by atoms with Crippen LogP contribution in [0.3, 0.4) is 0 Å². The lowest BCUT2D eigenvalue weighted by Gasteiger charge is -2.22. The van der Waals surface area contributed by atoms with E-state index in [0.29, 0.717) is 16.3 Å². The molecule has 1 N–H and O–H groups in total. The van der Waals surface area contributed by atoms with Crippen molar-refractivity contribution in [3.63, 3.8) is 0 Å². The molecule has 1 aliphatic heterocycles. The number of hydrogen-bond donors (Lipinski definition) is 1. The number of thiophene rings is 1. The maximum Gasteiger partial charge on any atom is 0.341 e. The van der Waals surface area contributed by atoms with Gasteiger partial charge in [-0.05, 0) is 62.4 Å². The summed E-state index contributed by atoms with van der Waals surface area (Å²) in [5.41, 5.74) is 2.16. The monoisotopic (exact) mass is 510 g/mol. The Morgan fingerprint density at radius 2 is 2.00 bits per heavy atom. The second kappa shape index (κ2) is 10.3. The second-order valence-electron chi connectivity index (χ2n) is 8.46. The van der Waals surface area contributed by atoms with Gasteiger partial charge in [0.2, 0.25) is 11.8 Å². The zero-order valence-electron chi connectivity index (χ0n) is 19.4. The van der Waals surface area contributed by atoms with Crippen molar-refractivity contribution in [3.05, 3.63) is 64.4 Å². The van der Waals surface area contributed by atoms with Crippen LogP contribution in [0.4, 0.5) is 10.7 Å². The van der Waals surface area contributed by atoms with Gasteiger partial charge in [0.15, 0.2) is 0 Å². The van der Waals surface area contributed by atoms with Crippen LogP contribution in [-0.2, 0) is 27.2 Å². The minimum atomic E-state index is -0.406. The van der Waals surface area contributed by atoms with Crippen molar-refractivity contribution in [1.82, 2.24) is 0 Å². The molecule has 5 rings (SSSR count). The Kier molecular flexibility index (Phi) is 6.97. The lowest BCUT2D eigenvalue weighted by atomic mass is 9.95. The van der Waals surface area contributed by atoms with Crippen LogP contribution in [0.5, 0.6) is 0 Å². The molecule has 7 nitrogen and oxygen atoms in total. The quantitative estimate of drug-likeness (QED) is 0.434. The normalized spacial score (nSPS) is 17.3. The van der Waals surface area contributed by atoms with E-state index in [1.54, 1.807) is 24.9 Å². The average molecular weight is 511 g/mol. The number of para-hydroxylation sites is 1. The molecule has 0 unspecified atom stereocenters. The molecule has 0 radical (unpaired) electrons. The highest BCUT2D eigenvalue weighted by Crippen LogP contribution is 2.45. The first-order chi connectivity index (χ1) is 17.0. The van der Waals surface area contributed by atoms with Gasteiger partial charge < -0.3 is 19.4 Å². The van der Waals surface area contributed by atoms with Gasteiger partial charge >= 0.3 is 5.97 Å². The van der Waals surface area contributed by atoms with Crippen molar-refractivity contribution in [2.45, 2.75) is 49.2 Å². The summed E-state index contributed by atoms with van der Waals surface area (Å²) in [5, 5.41) is 3.26. The Balaban J connectivity index is 1.40. The fourth-order valence-electron chi connectivity index (χ4n) is 4.57. The summed E-state index contributed by atoms with van der Waals surface area (Å²) in [6, 6.07) is 11.3. The predicted octanol–water partition coefficient (Wildman–Crippen LogP) is 5.61. The lowest BCUT2D eigenvalue weighted by molar-refractivity contribution is -0.121. The van der Waals surface area contributed by atoms with Gasteiger partial charge in [-0.3, -0.25) is 9.59 Å². The van der Waals surface area contributed by atoms with E-state index < -0.39 is 5.97 Å². The molecule has 2 aromatic heterocycles. The number of benzene rings is 1. The van der Waals surface area contributed by atoms with Crippen molar-refractivity contribution in [2.75, 3.05) is 23.4 Å². The average Bonchev–Trinajstić information content (AvgIpc) is 3.48. The molecule has 3 aromatic rings. The molecule has 0 saturated heterocycles. The highest BCUT2D eigenvalue weighted by Gasteiger charge is 2.32. The van der Waals surface area contributed by atoms with Crippen LogP contribution in [0, 0.1) is 0 Å². The molecule has 0 bridgehead atoms. The van der Waals surface area contributed by atoms with E-state index in [1.165, 1.54) is 16.2 Å². The number of amides is 2. The van der Waals surface area contributed by atoms with Crippen LogP contribution in [-0.4, -0.2) is 30.9 Å². The number of esters is 1. The number of carbonyl (C=O) groups excluding carboxylic acids is 3. The van der Waals surface area contributed by atoms with E-state index in [-0.39, 0.29) is 36.6 Å². The van der Waals surface area contributed by atoms with Crippen LogP contribution in [0.15, 0.2) is 52.0 Å². The van der Waals surface area contributed by atoms with Gasteiger partial charge in [0.1, 0.15) is 17.3 Å². The van der Waals surface area contributed by atoms with E-state index >= 15 is 0 Å². The molecular weight excluding hydrogens is 484 g/mol. The number of rotatable bonds is 6. The third-order valence-corrected chi connectivity index (χ3v) is 8.64. The van der Waals surface area contributed by atoms with Gasteiger partial charge in [-0.15, -0.1) is 23.1 Å². The first-order valence-electron chi connectivity index (χ1n) is 11.8. The SMILES string of the molecule is CCOC(=O)c1c(NC(=O)CN2C(=O)C[C@H](c3ccco3)Sc3ccccc32)sc2c1CCCC2. The minimum Gasteiger partial charge on any atom is -0.468 e. The molecule has 0 spiro atoms. The molecule has 1 aromatic carbocycles. The van der Waals surface area contributed by atoms with Gasteiger partial charge in [-0.1, -0.05) is 12.1 Å². The molecule has 182 valence electrons. The summed E-state index contributed by atoms with van der Waals surface area (Å²) >= 11 is 3.00. The molecule has 1 aliphatic carbocycles. The van der Waals surface area contributed by atoms with Crippen molar-refractivity contribution in [2.24, 2.45) is 0 Å². The fourth-order valence-corrected chi connectivity index (χ4v) is 7.10. The van der Waals surface area contributed by atoms with Crippen molar-refractivity contribution >= 4 is 51.6 Å². The van der Waals surface area contributed by atoms with Crippen LogP contribution in [0.25, 0.3) is 0 Å². The maximum atomic E-state index is 13.3. The molecule has 35 heavy (non-hydrogen) atoms. The second-order valence-corrected chi connectivity index (χ2v) is 10.8. The van der Waals surface area contributed by atoms with Gasteiger partial charge in [0.05, 0.1) is 29.4 Å². The molecular formula is C26H26N2O5S2. The van der Waals surface area contributed by atoms with Crippen LogP contribution >= 0.6 is 23.1 Å². The van der Waals surface area contributed by atoms with E-state index in [4.69, 9.17) is 9.15 Å². The minimum absolute atomic E-state index is 0.147. The van der Waals surface area contributed by atoms with E-state index in [9.17, 15) is 14.4 Å². The van der Waals surface area contributed by atoms with Crippen LogP contribution in [0.1, 0.15) is 58.0 Å². The summed E-state index contributed by atoms with van der Waals surface area (Å²) < 4.78 is 10.9. The fraction of sp³-hybridized carbons (Fsp3) is 0.346. The molecule has 0 fully saturated rings. The predicted molar refractivity (Wildman–Crippen MR) is 136 cm³/mol. The van der Waals surface area contributed by atoms with Crippen LogP contribution < -0.4 is 10.2 Å². The first-order valence-corrected chi connectivity index (χ1v) is 13.5. The Bertz CT molecular complexity index is 1250. The lowest BCUT2D eigenvalue weighted by Crippen LogP contribution is -2.38. The summed E-state index contributed by atoms with van der Waals surface area (Å²) in [6.45, 7) is 1.89. The van der Waals surface area contributed by atoms with Crippen molar-refractivity contribution in [3.8, 4) is 0 Å². The van der Waals surface area contributed by atoms with E-state index in [0.717, 1.165) is 46.8 Å². The first kappa shape index (κ1) is 23.7. The number of hydrogen-bond acceptors (Lipinski definition) is 7. The maximum absolute atomic E-state index is 13.3. The highest BCUT2D eigenvalue weighted by atomic mass is 32.2. The Labute approximate surface area is 211 Å². The number of thioether (sulfide) groups is 1. The number of carbonyl (C=O) groups is 3. The summed E-state index contributed by atoms with van der Waals surface area (Å²) in [5.74, 6) is -0.183. The third-order valence-electron chi connectivity index (χ3n) is 6.15. The number of anilines is 2. The Morgan fingerprint density at radius 1 is 1.17 bits per heavy atom. The topological polar surface area (TPSA) is 88.9 Å². The number of nitrogens with zero attached hydrogens (tertiary/aromatic N) is 1. The molecule has 0 saturated carbocycles. The summed E-state index contributed by atoms with van der Waals surface area (Å²) in [6.07, 6.45) is 5.59. The van der Waals surface area contributed by atoms with E-state index in [1.807, 2.05) is 36.4 Å². The number of furan rings is 1. The smallest absolute Gasteiger partial charge is 0.341 e. The molecule has 2 amide bonds. The van der Waals surface area contributed by atoms with Gasteiger partial charge in [0, 0.05) is 16.2 Å². The summed E-state index contributed by atoms with van der Waals surface area (Å²) in [7, 11) is 0. The van der Waals surface area contributed by atoms with Crippen LogP contribution in [0.2, 0.25) is 0 Å². The standard InChI is InChI=1S/C26H26N2O5S2/c1-2-32-26(31)24-16-8-3-5-11-19(16)35-25(24)27-22(29)15-28-17-9-4-6-12-20(17)34-21(14-23(28)30)18-10-7-13-33-18/h4,6-7,9-10,12-13,21H,2-3,5,8,11,14-15H2,1H3,(H,27,29)/t21-/m1/s1. The number of fused-ring (bicyclic) bond motifs is 2. The Morgan fingerprint density at radius 3 is 2.80 bits per heavy atom. The molecule has 2 aliphatic rings. The molecule has 1 atom stereocenters. The number of aryl methyl sites for hydroxylation is 1. The van der Waals surface area contributed by atoms with Gasteiger partial charge in [-0.25, -0.2) is 4.79 Å². The summed E-state index contributed by atoms with van der Waals surface area (Å²) in [4.78, 5) is 42.8. The number of ether oxygens (including phenoxy) is 1. The van der Waals surface area contributed by atoms with Crippen molar-refractivity contribution in [1.29, 1.82) is 0 Å². The molecule has 3 heterocycles. The van der Waals surface area contributed by atoms with E-state index in [2.05, 4.69) is 5.32 Å².